The van der Waals surface area contributed by atoms with Gasteiger partial charge in [0.05, 0.1) is 11.3 Å². The SMILES string of the molecule is Cc1ccc(-c2cc3ccccc3oc2=O)c(N(C)C(=O)C(F)(F)F)c1. The Bertz CT molecular complexity index is 1050. The molecule has 3 aromatic rings. The summed E-state index contributed by atoms with van der Waals surface area (Å²) in [5.41, 5.74) is 0.581. The van der Waals surface area contributed by atoms with E-state index < -0.39 is 17.7 Å². The largest absolute Gasteiger partial charge is 0.471 e. The fraction of sp³-hybridized carbons (Fsp3) is 0.158. The van der Waals surface area contributed by atoms with Gasteiger partial charge in [-0.2, -0.15) is 13.2 Å². The zero-order valence-corrected chi connectivity index (χ0v) is 13.9. The monoisotopic (exact) mass is 361 g/mol. The van der Waals surface area contributed by atoms with Crippen molar-refractivity contribution in [2.24, 2.45) is 0 Å². The Labute approximate surface area is 146 Å². The predicted molar refractivity (Wildman–Crippen MR) is 92.1 cm³/mol. The van der Waals surface area contributed by atoms with Gasteiger partial charge < -0.3 is 9.32 Å². The number of alkyl halides is 3. The Morgan fingerprint density at radius 1 is 1.04 bits per heavy atom. The van der Waals surface area contributed by atoms with Crippen molar-refractivity contribution in [3.63, 3.8) is 0 Å². The van der Waals surface area contributed by atoms with Crippen LogP contribution >= 0.6 is 0 Å². The van der Waals surface area contributed by atoms with Crippen LogP contribution in [0.15, 0.2) is 57.7 Å². The topological polar surface area (TPSA) is 50.5 Å². The van der Waals surface area contributed by atoms with E-state index in [0.29, 0.717) is 21.4 Å². The molecule has 2 aromatic carbocycles. The Morgan fingerprint density at radius 2 is 1.73 bits per heavy atom. The molecule has 1 aromatic heterocycles. The second-order valence-electron chi connectivity index (χ2n) is 5.87. The van der Waals surface area contributed by atoms with E-state index in [4.69, 9.17) is 4.42 Å². The number of fused-ring (bicyclic) bond motifs is 1. The second-order valence-corrected chi connectivity index (χ2v) is 5.87. The van der Waals surface area contributed by atoms with Gasteiger partial charge in [-0.25, -0.2) is 4.79 Å². The van der Waals surface area contributed by atoms with E-state index in [1.165, 1.54) is 12.1 Å². The summed E-state index contributed by atoms with van der Waals surface area (Å²) in [6, 6.07) is 12.9. The lowest BCUT2D eigenvalue weighted by atomic mass is 10.0. The molecule has 0 bridgehead atoms. The first-order valence-corrected chi connectivity index (χ1v) is 7.67. The Balaban J connectivity index is 2.22. The second kappa shape index (κ2) is 6.33. The zero-order chi connectivity index (χ0) is 19.1. The van der Waals surface area contributed by atoms with Gasteiger partial charge in [-0.05, 0) is 30.7 Å². The molecule has 26 heavy (non-hydrogen) atoms. The van der Waals surface area contributed by atoms with Crippen molar-refractivity contribution >= 4 is 22.6 Å². The van der Waals surface area contributed by atoms with Gasteiger partial charge in [0.1, 0.15) is 5.58 Å². The first-order chi connectivity index (χ1) is 12.2. The van der Waals surface area contributed by atoms with Crippen LogP contribution in [0.1, 0.15) is 5.56 Å². The van der Waals surface area contributed by atoms with Crippen LogP contribution in [-0.2, 0) is 4.79 Å². The first kappa shape index (κ1) is 17.7. The normalized spacial score (nSPS) is 11.6. The highest BCUT2D eigenvalue weighted by molar-refractivity contribution is 6.00. The Morgan fingerprint density at radius 3 is 2.42 bits per heavy atom. The molecule has 1 heterocycles. The zero-order valence-electron chi connectivity index (χ0n) is 13.9. The average Bonchev–Trinajstić information content (AvgIpc) is 2.59. The lowest BCUT2D eigenvalue weighted by Gasteiger charge is -2.22. The summed E-state index contributed by atoms with van der Waals surface area (Å²) in [6.07, 6.45) is -5.02. The summed E-state index contributed by atoms with van der Waals surface area (Å²) in [5, 5.41) is 0.624. The Kier molecular flexibility index (Phi) is 4.31. The van der Waals surface area contributed by atoms with Crippen LogP contribution in [0.5, 0.6) is 0 Å². The van der Waals surface area contributed by atoms with Crippen molar-refractivity contribution in [1.29, 1.82) is 0 Å². The molecule has 0 saturated heterocycles. The highest BCUT2D eigenvalue weighted by Gasteiger charge is 2.42. The standard InChI is InChI=1S/C19H14F3NO3/c1-11-7-8-13(15(9-11)23(2)18(25)19(20,21)22)14-10-12-5-3-4-6-16(12)26-17(14)24/h3-10H,1-2H3. The molecule has 0 atom stereocenters. The number of benzene rings is 2. The minimum atomic E-state index is -5.02. The molecule has 0 saturated carbocycles. The predicted octanol–water partition coefficient (Wildman–Crippen LogP) is 4.29. The third kappa shape index (κ3) is 3.20. The molecule has 0 aliphatic heterocycles. The molecule has 7 heteroatoms. The van der Waals surface area contributed by atoms with Gasteiger partial charge >= 0.3 is 17.7 Å². The fourth-order valence-electron chi connectivity index (χ4n) is 2.70. The van der Waals surface area contributed by atoms with Gasteiger partial charge in [-0.1, -0.05) is 30.3 Å². The average molecular weight is 361 g/mol. The number of aryl methyl sites for hydroxylation is 1. The quantitative estimate of drug-likeness (QED) is 0.640. The highest BCUT2D eigenvalue weighted by atomic mass is 19.4. The maximum absolute atomic E-state index is 12.8. The van der Waals surface area contributed by atoms with Gasteiger partial charge in [0.25, 0.3) is 0 Å². The van der Waals surface area contributed by atoms with Gasteiger partial charge in [-0.15, -0.1) is 0 Å². The summed E-state index contributed by atoms with van der Waals surface area (Å²) in [4.78, 5) is 24.5. The lowest BCUT2D eigenvalue weighted by Crippen LogP contribution is -2.38. The van der Waals surface area contributed by atoms with Crippen LogP contribution in [-0.4, -0.2) is 19.1 Å². The molecule has 0 unspecified atom stereocenters. The van der Waals surface area contributed by atoms with E-state index in [2.05, 4.69) is 0 Å². The van der Waals surface area contributed by atoms with E-state index in [9.17, 15) is 22.8 Å². The number of rotatable bonds is 2. The fourth-order valence-corrected chi connectivity index (χ4v) is 2.70. The third-order valence-corrected chi connectivity index (χ3v) is 3.99. The van der Waals surface area contributed by atoms with Gasteiger partial charge in [0, 0.05) is 18.0 Å². The maximum atomic E-state index is 12.8. The third-order valence-electron chi connectivity index (χ3n) is 3.99. The van der Waals surface area contributed by atoms with Crippen LogP contribution in [0, 0.1) is 6.92 Å². The number of para-hydroxylation sites is 1. The van der Waals surface area contributed by atoms with E-state index in [1.807, 2.05) is 0 Å². The number of hydrogen-bond donors (Lipinski definition) is 0. The van der Waals surface area contributed by atoms with E-state index in [1.54, 1.807) is 43.3 Å². The van der Waals surface area contributed by atoms with E-state index in [0.717, 1.165) is 7.05 Å². The molecule has 0 aliphatic carbocycles. The van der Waals surface area contributed by atoms with Crippen LogP contribution in [0.2, 0.25) is 0 Å². The molecule has 4 nitrogen and oxygen atoms in total. The van der Waals surface area contributed by atoms with Crippen LogP contribution in [0.3, 0.4) is 0 Å². The summed E-state index contributed by atoms with van der Waals surface area (Å²) in [5.74, 6) is -2.02. The summed E-state index contributed by atoms with van der Waals surface area (Å²) in [7, 11) is 1.02. The first-order valence-electron chi connectivity index (χ1n) is 7.67. The van der Waals surface area contributed by atoms with Crippen molar-refractivity contribution in [3.05, 3.63) is 64.5 Å². The van der Waals surface area contributed by atoms with Gasteiger partial charge in [0.15, 0.2) is 0 Å². The van der Waals surface area contributed by atoms with Crippen molar-refractivity contribution in [3.8, 4) is 11.1 Å². The number of carbonyl (C=O) groups excluding carboxylic acids is 1. The molecular formula is C19H14F3NO3. The minimum Gasteiger partial charge on any atom is -0.422 e. The smallest absolute Gasteiger partial charge is 0.422 e. The molecule has 0 spiro atoms. The number of hydrogen-bond acceptors (Lipinski definition) is 3. The highest BCUT2D eigenvalue weighted by Crippen LogP contribution is 2.33. The molecule has 0 N–H and O–H groups in total. The van der Waals surface area contributed by atoms with Crippen LogP contribution in [0.4, 0.5) is 18.9 Å². The molecule has 134 valence electrons. The van der Waals surface area contributed by atoms with Crippen molar-refractivity contribution < 1.29 is 22.4 Å². The summed E-state index contributed by atoms with van der Waals surface area (Å²) in [6.45, 7) is 1.68. The molecule has 1 amide bonds. The molecule has 0 fully saturated rings. The van der Waals surface area contributed by atoms with Crippen molar-refractivity contribution in [2.75, 3.05) is 11.9 Å². The summed E-state index contributed by atoms with van der Waals surface area (Å²) < 4.78 is 43.8. The number of carbonyl (C=O) groups is 1. The molecular weight excluding hydrogens is 347 g/mol. The lowest BCUT2D eigenvalue weighted by molar-refractivity contribution is -0.170. The van der Waals surface area contributed by atoms with Crippen LogP contribution in [0.25, 0.3) is 22.1 Å². The van der Waals surface area contributed by atoms with E-state index >= 15 is 0 Å². The Hall–Kier alpha value is -3.09. The molecule has 3 rings (SSSR count). The van der Waals surface area contributed by atoms with Crippen molar-refractivity contribution in [1.82, 2.24) is 0 Å². The number of halogens is 3. The van der Waals surface area contributed by atoms with Gasteiger partial charge in [0.2, 0.25) is 0 Å². The minimum absolute atomic E-state index is 0.0186. The molecule has 0 radical (unpaired) electrons. The summed E-state index contributed by atoms with van der Waals surface area (Å²) >= 11 is 0. The number of amides is 1. The van der Waals surface area contributed by atoms with Crippen molar-refractivity contribution in [2.45, 2.75) is 13.1 Å². The number of anilines is 1. The number of nitrogens with zero attached hydrogens (tertiary/aromatic N) is 1. The van der Waals surface area contributed by atoms with Crippen LogP contribution < -0.4 is 10.5 Å². The van der Waals surface area contributed by atoms with Gasteiger partial charge in [-0.3, -0.25) is 4.79 Å². The maximum Gasteiger partial charge on any atom is 0.471 e. The molecule has 0 aliphatic rings. The van der Waals surface area contributed by atoms with E-state index in [-0.39, 0.29) is 16.8 Å².